The maximum absolute atomic E-state index is 5.88. The van der Waals surface area contributed by atoms with E-state index in [9.17, 15) is 0 Å². The monoisotopic (exact) mass is 352 g/mol. The van der Waals surface area contributed by atoms with Crippen LogP contribution < -0.4 is 5.32 Å². The molecule has 2 aromatic heterocycles. The van der Waals surface area contributed by atoms with Crippen LogP contribution in [0.2, 0.25) is 5.02 Å². The maximum Gasteiger partial charge on any atom is 0.226 e. The van der Waals surface area contributed by atoms with Gasteiger partial charge in [0, 0.05) is 22.9 Å². The highest BCUT2D eigenvalue weighted by atomic mass is 35.5. The van der Waals surface area contributed by atoms with Crippen LogP contribution in [0.15, 0.2) is 39.3 Å². The van der Waals surface area contributed by atoms with Crippen molar-refractivity contribution in [2.75, 3.05) is 11.9 Å². The van der Waals surface area contributed by atoms with Crippen molar-refractivity contribution in [2.24, 2.45) is 0 Å². The van der Waals surface area contributed by atoms with Crippen molar-refractivity contribution in [3.63, 3.8) is 0 Å². The van der Waals surface area contributed by atoms with Gasteiger partial charge in [0.25, 0.3) is 0 Å². The van der Waals surface area contributed by atoms with E-state index in [0.717, 1.165) is 27.3 Å². The number of halogens is 1. The smallest absolute Gasteiger partial charge is 0.226 e. The minimum Gasteiger partial charge on any atom is -0.444 e. The van der Waals surface area contributed by atoms with E-state index in [2.05, 4.69) is 20.5 Å². The zero-order chi connectivity index (χ0) is 15.4. The summed E-state index contributed by atoms with van der Waals surface area (Å²) < 4.78 is 6.42. The van der Waals surface area contributed by atoms with E-state index in [1.54, 1.807) is 18.0 Å². The molecule has 1 aromatic carbocycles. The summed E-state index contributed by atoms with van der Waals surface area (Å²) >= 11 is 9.01. The lowest BCUT2D eigenvalue weighted by Crippen LogP contribution is -1.94. The average molecular weight is 353 g/mol. The molecule has 5 nitrogen and oxygen atoms in total. The number of nitrogens with one attached hydrogen (secondary N) is 1. The van der Waals surface area contributed by atoms with Crippen LogP contribution in [-0.4, -0.2) is 21.7 Å². The number of nitrogens with zero attached hydrogens (tertiary/aromatic N) is 3. The number of anilines is 1. The fourth-order valence-corrected chi connectivity index (χ4v) is 3.55. The van der Waals surface area contributed by atoms with Crippen LogP contribution in [0.5, 0.6) is 0 Å². The Morgan fingerprint density at radius 1 is 1.27 bits per heavy atom. The molecule has 0 atom stereocenters. The molecule has 114 valence electrons. The van der Waals surface area contributed by atoms with Crippen molar-refractivity contribution in [3.8, 4) is 11.5 Å². The van der Waals surface area contributed by atoms with Crippen LogP contribution >= 0.6 is 34.7 Å². The van der Waals surface area contributed by atoms with E-state index in [1.165, 1.54) is 11.3 Å². The van der Waals surface area contributed by atoms with Crippen molar-refractivity contribution < 1.29 is 4.42 Å². The van der Waals surface area contributed by atoms with E-state index >= 15 is 0 Å². The van der Waals surface area contributed by atoms with Crippen LogP contribution in [0.3, 0.4) is 0 Å². The Kier molecular flexibility index (Phi) is 4.97. The van der Waals surface area contributed by atoms with Gasteiger partial charge in [0.2, 0.25) is 11.0 Å². The topological polar surface area (TPSA) is 63.8 Å². The molecule has 0 saturated carbocycles. The highest BCUT2D eigenvalue weighted by molar-refractivity contribution is 8.00. The molecule has 3 aromatic rings. The molecular formula is C14H13ClN4OS2. The Balaban J connectivity index is 1.62. The first-order chi connectivity index (χ1) is 10.7. The molecule has 0 radical (unpaired) electrons. The van der Waals surface area contributed by atoms with Crippen LogP contribution in [0.4, 0.5) is 5.13 Å². The van der Waals surface area contributed by atoms with Crippen molar-refractivity contribution in [3.05, 3.63) is 41.2 Å². The van der Waals surface area contributed by atoms with Gasteiger partial charge in [-0.3, -0.25) is 0 Å². The summed E-state index contributed by atoms with van der Waals surface area (Å²) in [4.78, 5) is 4.48. The number of aromatic nitrogens is 3. The van der Waals surface area contributed by atoms with Gasteiger partial charge in [0.15, 0.2) is 4.34 Å². The molecule has 0 fully saturated rings. The van der Waals surface area contributed by atoms with Gasteiger partial charge in [0.1, 0.15) is 6.26 Å². The molecule has 2 heterocycles. The molecule has 3 rings (SSSR count). The molecule has 22 heavy (non-hydrogen) atoms. The molecular weight excluding hydrogens is 340 g/mol. The Morgan fingerprint density at radius 3 is 2.86 bits per heavy atom. The second kappa shape index (κ2) is 7.13. The second-order valence-electron chi connectivity index (χ2n) is 4.34. The summed E-state index contributed by atoms with van der Waals surface area (Å²) in [5.41, 5.74) is 1.78. The summed E-state index contributed by atoms with van der Waals surface area (Å²) in [6.07, 6.45) is 1.67. The average Bonchev–Trinajstić information content (AvgIpc) is 3.16. The summed E-state index contributed by atoms with van der Waals surface area (Å²) in [6, 6.07) is 7.41. The minimum absolute atomic E-state index is 0.595. The first kappa shape index (κ1) is 15.3. The van der Waals surface area contributed by atoms with Crippen molar-refractivity contribution in [1.29, 1.82) is 0 Å². The molecule has 0 spiro atoms. The van der Waals surface area contributed by atoms with Crippen LogP contribution in [0, 0.1) is 0 Å². The molecule has 0 aliphatic heterocycles. The fraction of sp³-hybridized carbons (Fsp3) is 0.214. The third-order valence-corrected chi connectivity index (χ3v) is 5.02. The molecule has 8 heteroatoms. The highest BCUT2D eigenvalue weighted by Gasteiger charge is 2.09. The van der Waals surface area contributed by atoms with E-state index in [4.69, 9.17) is 16.0 Å². The van der Waals surface area contributed by atoms with E-state index in [-0.39, 0.29) is 0 Å². The molecule has 0 aliphatic rings. The lowest BCUT2D eigenvalue weighted by molar-refractivity contribution is 0.573. The standard InChI is InChI=1S/C14H13ClN4OS2/c1-2-16-13-18-19-14(22-13)21-8-11-7-20-12(17-11)9-3-5-10(15)6-4-9/h3-7H,2,8H2,1H3,(H,16,18). The maximum atomic E-state index is 5.88. The van der Waals surface area contributed by atoms with E-state index in [0.29, 0.717) is 16.7 Å². The van der Waals surface area contributed by atoms with E-state index < -0.39 is 0 Å². The Labute approximate surface area is 141 Å². The number of hydrogen-bond donors (Lipinski definition) is 1. The fourth-order valence-electron chi connectivity index (χ4n) is 1.72. The molecule has 0 bridgehead atoms. The molecule has 1 N–H and O–H groups in total. The van der Waals surface area contributed by atoms with Crippen molar-refractivity contribution in [1.82, 2.24) is 15.2 Å². The van der Waals surface area contributed by atoms with Gasteiger partial charge in [-0.2, -0.15) is 0 Å². The second-order valence-corrected chi connectivity index (χ2v) is 6.98. The summed E-state index contributed by atoms with van der Waals surface area (Å²) in [6.45, 7) is 2.87. The zero-order valence-corrected chi connectivity index (χ0v) is 14.1. The number of rotatable bonds is 6. The van der Waals surface area contributed by atoms with Crippen LogP contribution in [0.25, 0.3) is 11.5 Å². The van der Waals surface area contributed by atoms with Gasteiger partial charge >= 0.3 is 0 Å². The predicted octanol–water partition coefficient (Wildman–Crippen LogP) is 4.57. The Bertz CT molecular complexity index is 741. The summed E-state index contributed by atoms with van der Waals surface area (Å²) in [5.74, 6) is 1.29. The van der Waals surface area contributed by atoms with Gasteiger partial charge in [-0.15, -0.1) is 10.2 Å². The molecule has 0 amide bonds. The van der Waals surface area contributed by atoms with Crippen LogP contribution in [0.1, 0.15) is 12.6 Å². The lowest BCUT2D eigenvalue weighted by atomic mass is 10.2. The third-order valence-electron chi connectivity index (χ3n) is 2.72. The van der Waals surface area contributed by atoms with Gasteiger partial charge in [-0.1, -0.05) is 34.7 Å². The molecule has 0 saturated heterocycles. The summed E-state index contributed by atoms with van der Waals surface area (Å²) in [7, 11) is 0. The van der Waals surface area contributed by atoms with Gasteiger partial charge in [-0.25, -0.2) is 4.98 Å². The minimum atomic E-state index is 0.595. The largest absolute Gasteiger partial charge is 0.444 e. The molecule has 0 aliphatic carbocycles. The first-order valence-electron chi connectivity index (χ1n) is 6.65. The number of hydrogen-bond acceptors (Lipinski definition) is 7. The lowest BCUT2D eigenvalue weighted by Gasteiger charge is -1.95. The van der Waals surface area contributed by atoms with Gasteiger partial charge in [-0.05, 0) is 31.2 Å². The number of oxazole rings is 1. The number of thioether (sulfide) groups is 1. The third kappa shape index (κ3) is 3.79. The number of benzene rings is 1. The highest BCUT2D eigenvalue weighted by Crippen LogP contribution is 2.29. The predicted molar refractivity (Wildman–Crippen MR) is 90.6 cm³/mol. The van der Waals surface area contributed by atoms with Gasteiger partial charge in [0.05, 0.1) is 5.69 Å². The SMILES string of the molecule is CCNc1nnc(SCc2coc(-c3ccc(Cl)cc3)n2)s1. The van der Waals surface area contributed by atoms with Crippen molar-refractivity contribution in [2.45, 2.75) is 17.0 Å². The Morgan fingerprint density at radius 2 is 2.09 bits per heavy atom. The summed E-state index contributed by atoms with van der Waals surface area (Å²) in [5, 5.41) is 12.9. The Hall–Kier alpha value is -1.57. The van der Waals surface area contributed by atoms with Crippen LogP contribution in [-0.2, 0) is 5.75 Å². The van der Waals surface area contributed by atoms with Gasteiger partial charge < -0.3 is 9.73 Å². The van der Waals surface area contributed by atoms with E-state index in [1.807, 2.05) is 31.2 Å². The molecule has 0 unspecified atom stereocenters. The normalized spacial score (nSPS) is 10.8. The quantitative estimate of drug-likeness (QED) is 0.655. The zero-order valence-electron chi connectivity index (χ0n) is 11.7. The first-order valence-corrected chi connectivity index (χ1v) is 8.83. The van der Waals surface area contributed by atoms with Crippen molar-refractivity contribution >= 4 is 39.8 Å².